The number of aromatic nitrogens is 2. The lowest BCUT2D eigenvalue weighted by Crippen LogP contribution is -2.00. The van der Waals surface area contributed by atoms with Gasteiger partial charge >= 0.3 is 0 Å². The van der Waals surface area contributed by atoms with E-state index in [9.17, 15) is 0 Å². The molecular formula is C9H7Cl2N3O. The van der Waals surface area contributed by atoms with Crippen LogP contribution in [-0.2, 0) is 5.88 Å². The minimum absolute atomic E-state index is 0.188. The summed E-state index contributed by atoms with van der Waals surface area (Å²) in [6, 6.07) is 5.14. The van der Waals surface area contributed by atoms with Crippen LogP contribution < -0.4 is 5.48 Å². The number of benzene rings is 1. The summed E-state index contributed by atoms with van der Waals surface area (Å²) in [6.45, 7) is 0. The standard InChI is InChI=1S/C9H7Cl2N3O/c10-4-8-12-7-2-1-5(11)3-6(7)9(13-8)14-15/h1-3,15H,4H2,(H,12,13,14). The largest absolute Gasteiger partial charge is 0.290 e. The maximum Gasteiger partial charge on any atom is 0.161 e. The van der Waals surface area contributed by atoms with Crippen LogP contribution in [0.2, 0.25) is 5.02 Å². The molecule has 0 amide bonds. The average molecular weight is 244 g/mol. The van der Waals surface area contributed by atoms with Crippen molar-refractivity contribution < 1.29 is 5.21 Å². The first kappa shape index (κ1) is 10.4. The Morgan fingerprint density at radius 2 is 2.13 bits per heavy atom. The Hall–Kier alpha value is -1.10. The van der Waals surface area contributed by atoms with Crippen molar-refractivity contribution in [2.75, 3.05) is 5.48 Å². The lowest BCUT2D eigenvalue weighted by molar-refractivity contribution is 0.386. The number of halogens is 2. The van der Waals surface area contributed by atoms with Crippen molar-refractivity contribution >= 4 is 39.9 Å². The van der Waals surface area contributed by atoms with E-state index in [4.69, 9.17) is 28.4 Å². The summed E-state index contributed by atoms with van der Waals surface area (Å²) in [5.41, 5.74) is 2.69. The van der Waals surface area contributed by atoms with E-state index < -0.39 is 0 Å². The highest BCUT2D eigenvalue weighted by Crippen LogP contribution is 2.23. The third-order valence-corrected chi connectivity index (χ3v) is 2.40. The molecule has 6 heteroatoms. The SMILES string of the molecule is ONc1nc(CCl)nc2ccc(Cl)cc12. The lowest BCUT2D eigenvalue weighted by Gasteiger charge is -2.05. The highest BCUT2D eigenvalue weighted by molar-refractivity contribution is 6.31. The summed E-state index contributed by atoms with van der Waals surface area (Å²) in [4.78, 5) is 8.21. The van der Waals surface area contributed by atoms with Crippen molar-refractivity contribution in [2.45, 2.75) is 5.88 Å². The Morgan fingerprint density at radius 1 is 1.33 bits per heavy atom. The average Bonchev–Trinajstić information content (AvgIpc) is 2.27. The van der Waals surface area contributed by atoms with Gasteiger partial charge in [-0.25, -0.2) is 9.97 Å². The van der Waals surface area contributed by atoms with Crippen molar-refractivity contribution in [1.29, 1.82) is 0 Å². The third-order valence-electron chi connectivity index (χ3n) is 1.93. The maximum absolute atomic E-state index is 8.92. The molecule has 0 spiro atoms. The Balaban J connectivity index is 2.75. The predicted molar refractivity (Wildman–Crippen MR) is 59.5 cm³/mol. The molecule has 2 rings (SSSR count). The van der Waals surface area contributed by atoms with Crippen molar-refractivity contribution in [1.82, 2.24) is 9.97 Å². The number of nitrogens with zero attached hydrogens (tertiary/aromatic N) is 2. The van der Waals surface area contributed by atoms with E-state index in [0.29, 0.717) is 27.6 Å². The van der Waals surface area contributed by atoms with Gasteiger partial charge in [0.25, 0.3) is 0 Å². The maximum atomic E-state index is 8.92. The first-order valence-electron chi connectivity index (χ1n) is 4.17. The molecule has 0 aliphatic heterocycles. The molecule has 2 N–H and O–H groups in total. The number of fused-ring (bicyclic) bond motifs is 1. The fourth-order valence-corrected chi connectivity index (χ4v) is 1.59. The molecule has 78 valence electrons. The van der Waals surface area contributed by atoms with Crippen LogP contribution in [0, 0.1) is 0 Å². The fourth-order valence-electron chi connectivity index (χ4n) is 1.29. The van der Waals surface area contributed by atoms with Crippen LogP contribution in [0.3, 0.4) is 0 Å². The molecule has 0 radical (unpaired) electrons. The number of anilines is 1. The third kappa shape index (κ3) is 1.97. The molecular weight excluding hydrogens is 237 g/mol. The van der Waals surface area contributed by atoms with Gasteiger partial charge in [0.1, 0.15) is 5.82 Å². The molecule has 0 atom stereocenters. The zero-order valence-electron chi connectivity index (χ0n) is 7.54. The lowest BCUT2D eigenvalue weighted by atomic mass is 10.2. The van der Waals surface area contributed by atoms with Gasteiger partial charge in [0, 0.05) is 10.4 Å². The van der Waals surface area contributed by atoms with Gasteiger partial charge in [-0.3, -0.25) is 10.7 Å². The molecule has 15 heavy (non-hydrogen) atoms. The van der Waals surface area contributed by atoms with Gasteiger partial charge in [0.15, 0.2) is 5.82 Å². The van der Waals surface area contributed by atoms with Crippen LogP contribution >= 0.6 is 23.2 Å². The van der Waals surface area contributed by atoms with Gasteiger partial charge in [-0.2, -0.15) is 0 Å². The molecule has 0 aliphatic rings. The quantitative estimate of drug-likeness (QED) is 0.629. The second kappa shape index (κ2) is 4.18. The second-order valence-corrected chi connectivity index (χ2v) is 3.60. The van der Waals surface area contributed by atoms with Crippen molar-refractivity contribution in [3.63, 3.8) is 0 Å². The van der Waals surface area contributed by atoms with Crippen LogP contribution in [0.5, 0.6) is 0 Å². The van der Waals surface area contributed by atoms with Crippen molar-refractivity contribution in [3.8, 4) is 0 Å². The number of alkyl halides is 1. The molecule has 0 aliphatic carbocycles. The van der Waals surface area contributed by atoms with Crippen molar-refractivity contribution in [3.05, 3.63) is 29.0 Å². The molecule has 0 fully saturated rings. The number of hydrogen-bond donors (Lipinski definition) is 2. The monoisotopic (exact) mass is 243 g/mol. The normalized spacial score (nSPS) is 10.6. The van der Waals surface area contributed by atoms with Crippen molar-refractivity contribution in [2.24, 2.45) is 0 Å². The summed E-state index contributed by atoms with van der Waals surface area (Å²) in [7, 11) is 0. The smallest absolute Gasteiger partial charge is 0.161 e. The van der Waals surface area contributed by atoms with Crippen LogP contribution in [0.25, 0.3) is 10.9 Å². The summed E-state index contributed by atoms with van der Waals surface area (Å²) in [5, 5.41) is 10.1. The van der Waals surface area contributed by atoms with Gasteiger partial charge < -0.3 is 0 Å². The van der Waals surface area contributed by atoms with E-state index in [1.54, 1.807) is 18.2 Å². The van der Waals surface area contributed by atoms with E-state index in [2.05, 4.69) is 9.97 Å². The molecule has 0 unspecified atom stereocenters. The molecule has 1 heterocycles. The molecule has 4 nitrogen and oxygen atoms in total. The first-order valence-corrected chi connectivity index (χ1v) is 5.08. The molecule has 0 saturated heterocycles. The molecule has 0 saturated carbocycles. The molecule has 0 bridgehead atoms. The fraction of sp³-hybridized carbons (Fsp3) is 0.111. The van der Waals surface area contributed by atoms with Crippen LogP contribution in [0.15, 0.2) is 18.2 Å². The summed E-state index contributed by atoms with van der Waals surface area (Å²) in [6.07, 6.45) is 0. The predicted octanol–water partition coefficient (Wildman–Crippen LogP) is 2.82. The van der Waals surface area contributed by atoms with E-state index in [0.717, 1.165) is 0 Å². The Bertz CT molecular complexity index is 504. The van der Waals surface area contributed by atoms with Crippen LogP contribution in [0.1, 0.15) is 5.82 Å². The van der Waals surface area contributed by atoms with Gasteiger partial charge in [0.05, 0.1) is 11.4 Å². The van der Waals surface area contributed by atoms with Crippen LogP contribution in [-0.4, -0.2) is 15.2 Å². The van der Waals surface area contributed by atoms with Crippen LogP contribution in [0.4, 0.5) is 5.82 Å². The second-order valence-electron chi connectivity index (χ2n) is 2.90. The first-order chi connectivity index (χ1) is 7.24. The Kier molecular flexibility index (Phi) is 2.90. The van der Waals surface area contributed by atoms with Gasteiger partial charge in [-0.1, -0.05) is 11.6 Å². The zero-order valence-corrected chi connectivity index (χ0v) is 9.05. The number of rotatable bonds is 2. The Morgan fingerprint density at radius 3 is 2.80 bits per heavy atom. The van der Waals surface area contributed by atoms with E-state index in [1.807, 2.05) is 5.48 Å². The molecule has 1 aromatic heterocycles. The summed E-state index contributed by atoms with van der Waals surface area (Å²) >= 11 is 11.5. The van der Waals surface area contributed by atoms with E-state index in [-0.39, 0.29) is 5.88 Å². The van der Waals surface area contributed by atoms with E-state index in [1.165, 1.54) is 0 Å². The highest BCUT2D eigenvalue weighted by Gasteiger charge is 2.06. The summed E-state index contributed by atoms with van der Waals surface area (Å²) < 4.78 is 0. The van der Waals surface area contributed by atoms with Gasteiger partial charge in [0.2, 0.25) is 0 Å². The molecule has 1 aromatic carbocycles. The number of hydrogen-bond acceptors (Lipinski definition) is 4. The minimum Gasteiger partial charge on any atom is -0.290 e. The Labute approximate surface area is 95.8 Å². The minimum atomic E-state index is 0.188. The highest BCUT2D eigenvalue weighted by atomic mass is 35.5. The molecule has 2 aromatic rings. The van der Waals surface area contributed by atoms with Gasteiger partial charge in [-0.05, 0) is 18.2 Å². The number of nitrogens with one attached hydrogen (secondary N) is 1. The van der Waals surface area contributed by atoms with Gasteiger partial charge in [-0.15, -0.1) is 11.6 Å². The summed E-state index contributed by atoms with van der Waals surface area (Å²) in [5.74, 6) is 0.939. The zero-order chi connectivity index (χ0) is 10.8. The van der Waals surface area contributed by atoms with E-state index >= 15 is 0 Å². The topological polar surface area (TPSA) is 58.0 Å².